The second-order valence-electron chi connectivity index (χ2n) is 2.75. The van der Waals surface area contributed by atoms with Gasteiger partial charge in [0.25, 0.3) is 5.56 Å². The van der Waals surface area contributed by atoms with E-state index in [0.717, 1.165) is 10.3 Å². The van der Waals surface area contributed by atoms with E-state index in [1.807, 2.05) is 12.1 Å². The normalized spacial score (nSPS) is 10.1. The SMILES string of the molecule is O=c1ccccn1-c1ccc(Br)nc1. The van der Waals surface area contributed by atoms with Gasteiger partial charge in [0.05, 0.1) is 11.9 Å². The van der Waals surface area contributed by atoms with E-state index in [1.54, 1.807) is 29.1 Å². The van der Waals surface area contributed by atoms with Gasteiger partial charge in [0.15, 0.2) is 0 Å². The van der Waals surface area contributed by atoms with Gasteiger partial charge in [-0.3, -0.25) is 9.36 Å². The van der Waals surface area contributed by atoms with Crippen LogP contribution < -0.4 is 5.56 Å². The van der Waals surface area contributed by atoms with Crippen LogP contribution in [0.5, 0.6) is 0 Å². The Bertz CT molecular complexity index is 490. The summed E-state index contributed by atoms with van der Waals surface area (Å²) in [5.41, 5.74) is 0.704. The van der Waals surface area contributed by atoms with E-state index in [2.05, 4.69) is 20.9 Å². The first-order valence-corrected chi connectivity index (χ1v) is 4.86. The average Bonchev–Trinajstić information content (AvgIpc) is 2.20. The first-order valence-electron chi connectivity index (χ1n) is 4.07. The smallest absolute Gasteiger partial charge is 0.255 e. The summed E-state index contributed by atoms with van der Waals surface area (Å²) in [6.45, 7) is 0. The van der Waals surface area contributed by atoms with Gasteiger partial charge < -0.3 is 0 Å². The molecule has 4 heteroatoms. The minimum Gasteiger partial charge on any atom is -0.283 e. The molecule has 2 aromatic rings. The molecular weight excluding hydrogens is 244 g/mol. The highest BCUT2D eigenvalue weighted by Gasteiger charge is 1.97. The molecule has 3 nitrogen and oxygen atoms in total. The molecule has 0 radical (unpaired) electrons. The first-order chi connectivity index (χ1) is 6.77. The summed E-state index contributed by atoms with van der Waals surface area (Å²) in [6.07, 6.45) is 3.36. The van der Waals surface area contributed by atoms with Crippen molar-refractivity contribution in [1.29, 1.82) is 0 Å². The van der Waals surface area contributed by atoms with E-state index >= 15 is 0 Å². The van der Waals surface area contributed by atoms with Crippen molar-refractivity contribution in [3.05, 3.63) is 57.7 Å². The summed E-state index contributed by atoms with van der Waals surface area (Å²) in [5, 5.41) is 0. The first kappa shape index (κ1) is 9.15. The Morgan fingerprint density at radius 3 is 2.71 bits per heavy atom. The molecule has 0 saturated heterocycles. The molecule has 14 heavy (non-hydrogen) atoms. The van der Waals surface area contributed by atoms with Crippen molar-refractivity contribution in [3.63, 3.8) is 0 Å². The van der Waals surface area contributed by atoms with Gasteiger partial charge in [-0.25, -0.2) is 4.98 Å². The molecule has 2 heterocycles. The highest BCUT2D eigenvalue weighted by atomic mass is 79.9. The molecule has 0 saturated carbocycles. The minimum absolute atomic E-state index is 0.0587. The van der Waals surface area contributed by atoms with Crippen LogP contribution >= 0.6 is 15.9 Å². The van der Waals surface area contributed by atoms with Crippen molar-refractivity contribution < 1.29 is 0 Å². The maximum atomic E-state index is 11.4. The van der Waals surface area contributed by atoms with Gasteiger partial charge in [-0.15, -0.1) is 0 Å². The van der Waals surface area contributed by atoms with E-state index in [0.29, 0.717) is 0 Å². The Hall–Kier alpha value is -1.42. The summed E-state index contributed by atoms with van der Waals surface area (Å²) in [5.74, 6) is 0. The molecule has 0 fully saturated rings. The monoisotopic (exact) mass is 250 g/mol. The summed E-state index contributed by atoms with van der Waals surface area (Å²) < 4.78 is 2.30. The fraction of sp³-hybridized carbons (Fsp3) is 0. The zero-order valence-electron chi connectivity index (χ0n) is 7.22. The maximum absolute atomic E-state index is 11.4. The third-order valence-electron chi connectivity index (χ3n) is 1.81. The van der Waals surface area contributed by atoms with E-state index in [4.69, 9.17) is 0 Å². The molecule has 0 aromatic carbocycles. The number of hydrogen-bond acceptors (Lipinski definition) is 2. The molecule has 0 bridgehead atoms. The fourth-order valence-corrected chi connectivity index (χ4v) is 1.39. The molecule has 0 spiro atoms. The quantitative estimate of drug-likeness (QED) is 0.726. The third-order valence-corrected chi connectivity index (χ3v) is 2.28. The molecule has 0 N–H and O–H groups in total. The van der Waals surface area contributed by atoms with Crippen molar-refractivity contribution in [3.8, 4) is 5.69 Å². The summed E-state index contributed by atoms with van der Waals surface area (Å²) in [4.78, 5) is 15.5. The second kappa shape index (κ2) is 3.75. The second-order valence-corrected chi connectivity index (χ2v) is 3.56. The molecule has 0 aliphatic carbocycles. The summed E-state index contributed by atoms with van der Waals surface area (Å²) in [6, 6.07) is 8.67. The molecule has 0 aliphatic rings. The van der Waals surface area contributed by atoms with Gasteiger partial charge in [0, 0.05) is 12.3 Å². The number of hydrogen-bond donors (Lipinski definition) is 0. The van der Waals surface area contributed by atoms with Gasteiger partial charge in [0.1, 0.15) is 4.60 Å². The molecule has 0 amide bonds. The fourth-order valence-electron chi connectivity index (χ4n) is 1.15. The van der Waals surface area contributed by atoms with Crippen LogP contribution in [-0.4, -0.2) is 9.55 Å². The summed E-state index contributed by atoms with van der Waals surface area (Å²) in [7, 11) is 0. The van der Waals surface area contributed by atoms with Crippen LogP contribution in [0.15, 0.2) is 52.1 Å². The Kier molecular flexibility index (Phi) is 2.45. The lowest BCUT2D eigenvalue weighted by Gasteiger charge is -2.03. The predicted molar refractivity (Wildman–Crippen MR) is 57.5 cm³/mol. The van der Waals surface area contributed by atoms with Crippen LogP contribution in [0.4, 0.5) is 0 Å². The van der Waals surface area contributed by atoms with Crippen molar-refractivity contribution in [2.24, 2.45) is 0 Å². The Balaban J connectivity index is 2.56. The van der Waals surface area contributed by atoms with Gasteiger partial charge in [0.2, 0.25) is 0 Å². The predicted octanol–water partition coefficient (Wildman–Crippen LogP) is 1.99. The zero-order valence-corrected chi connectivity index (χ0v) is 8.81. The molecule has 2 aromatic heterocycles. The molecular formula is C10H7BrN2O. The van der Waals surface area contributed by atoms with E-state index in [1.165, 1.54) is 6.07 Å². The standard InChI is InChI=1S/C10H7BrN2O/c11-9-5-4-8(7-12-9)13-6-2-1-3-10(13)14/h1-7H. The Morgan fingerprint density at radius 1 is 1.21 bits per heavy atom. The number of nitrogens with zero attached hydrogens (tertiary/aromatic N) is 2. The topological polar surface area (TPSA) is 34.9 Å². The number of pyridine rings is 2. The summed E-state index contributed by atoms with van der Waals surface area (Å²) >= 11 is 3.24. The van der Waals surface area contributed by atoms with Crippen LogP contribution in [-0.2, 0) is 0 Å². The molecule has 2 rings (SSSR count). The van der Waals surface area contributed by atoms with Crippen LogP contribution in [0.2, 0.25) is 0 Å². The Labute approximate surface area is 89.2 Å². The van der Waals surface area contributed by atoms with Crippen LogP contribution in [0.3, 0.4) is 0 Å². The van der Waals surface area contributed by atoms with Crippen LogP contribution in [0, 0.1) is 0 Å². The molecule has 0 atom stereocenters. The lowest BCUT2D eigenvalue weighted by Crippen LogP contribution is -2.15. The van der Waals surface area contributed by atoms with Crippen LogP contribution in [0.1, 0.15) is 0 Å². The highest BCUT2D eigenvalue weighted by Crippen LogP contribution is 2.08. The van der Waals surface area contributed by atoms with Gasteiger partial charge in [-0.2, -0.15) is 0 Å². The van der Waals surface area contributed by atoms with Crippen molar-refractivity contribution >= 4 is 15.9 Å². The van der Waals surface area contributed by atoms with Gasteiger partial charge in [-0.1, -0.05) is 6.07 Å². The molecule has 70 valence electrons. The highest BCUT2D eigenvalue weighted by molar-refractivity contribution is 9.10. The van der Waals surface area contributed by atoms with E-state index < -0.39 is 0 Å². The zero-order chi connectivity index (χ0) is 9.97. The third kappa shape index (κ3) is 1.75. The van der Waals surface area contributed by atoms with E-state index in [-0.39, 0.29) is 5.56 Å². The Morgan fingerprint density at radius 2 is 2.07 bits per heavy atom. The average molecular weight is 251 g/mol. The number of halogens is 1. The lowest BCUT2D eigenvalue weighted by molar-refractivity contribution is 0.976. The van der Waals surface area contributed by atoms with Gasteiger partial charge >= 0.3 is 0 Å². The molecule has 0 aliphatic heterocycles. The minimum atomic E-state index is -0.0587. The van der Waals surface area contributed by atoms with E-state index in [9.17, 15) is 4.79 Å². The number of aromatic nitrogens is 2. The maximum Gasteiger partial charge on any atom is 0.255 e. The van der Waals surface area contributed by atoms with Crippen molar-refractivity contribution in [2.45, 2.75) is 0 Å². The van der Waals surface area contributed by atoms with Gasteiger partial charge in [-0.05, 0) is 34.1 Å². The number of rotatable bonds is 1. The molecule has 0 unspecified atom stereocenters. The van der Waals surface area contributed by atoms with Crippen LogP contribution in [0.25, 0.3) is 5.69 Å². The largest absolute Gasteiger partial charge is 0.283 e. The van der Waals surface area contributed by atoms with Crippen molar-refractivity contribution in [2.75, 3.05) is 0 Å². The lowest BCUT2D eigenvalue weighted by atomic mass is 10.4. The van der Waals surface area contributed by atoms with Crippen molar-refractivity contribution in [1.82, 2.24) is 9.55 Å².